The summed E-state index contributed by atoms with van der Waals surface area (Å²) in [5, 5.41) is 4.34. The number of thioether (sulfide) groups is 1. The van der Waals surface area contributed by atoms with E-state index in [9.17, 15) is 0 Å². The molecule has 2 nitrogen and oxygen atoms in total. The molecule has 0 aromatic heterocycles. The van der Waals surface area contributed by atoms with Crippen LogP contribution in [-0.2, 0) is 0 Å². The fraction of sp³-hybridized carbons (Fsp3) is 1.00. The number of hydrogen-bond acceptors (Lipinski definition) is 3. The zero-order valence-corrected chi connectivity index (χ0v) is 12.4. The maximum Gasteiger partial charge on any atom is 0.0184 e. The molecule has 0 amide bonds. The first-order chi connectivity index (χ1) is 8.22. The van der Waals surface area contributed by atoms with E-state index in [0.717, 1.165) is 23.3 Å². The van der Waals surface area contributed by atoms with Gasteiger partial charge in [0.05, 0.1) is 0 Å². The molecule has 4 atom stereocenters. The van der Waals surface area contributed by atoms with Gasteiger partial charge in [0.2, 0.25) is 0 Å². The summed E-state index contributed by atoms with van der Waals surface area (Å²) in [5.74, 6) is 2.20. The van der Waals surface area contributed by atoms with Crippen LogP contribution in [0.1, 0.15) is 39.5 Å². The highest BCUT2D eigenvalue weighted by Gasteiger charge is 2.30. The van der Waals surface area contributed by atoms with Crippen LogP contribution >= 0.6 is 11.8 Å². The lowest BCUT2D eigenvalue weighted by molar-refractivity contribution is 0.140. The van der Waals surface area contributed by atoms with Gasteiger partial charge in [-0.2, -0.15) is 11.8 Å². The molecule has 17 heavy (non-hydrogen) atoms. The van der Waals surface area contributed by atoms with Crippen LogP contribution in [0.3, 0.4) is 0 Å². The van der Waals surface area contributed by atoms with Crippen LogP contribution in [0, 0.1) is 5.92 Å². The van der Waals surface area contributed by atoms with Crippen molar-refractivity contribution in [3.8, 4) is 0 Å². The minimum atomic E-state index is 0.758. The van der Waals surface area contributed by atoms with Crippen LogP contribution in [0.25, 0.3) is 0 Å². The van der Waals surface area contributed by atoms with Crippen molar-refractivity contribution < 1.29 is 0 Å². The van der Waals surface area contributed by atoms with Crippen LogP contribution < -0.4 is 5.32 Å². The van der Waals surface area contributed by atoms with Gasteiger partial charge in [-0.25, -0.2) is 0 Å². The minimum absolute atomic E-state index is 0.758. The third-order valence-corrected chi connectivity index (χ3v) is 6.10. The molecule has 100 valence electrons. The molecule has 3 heteroatoms. The molecule has 1 N–H and O–H groups in total. The fourth-order valence-electron chi connectivity index (χ4n) is 3.36. The van der Waals surface area contributed by atoms with E-state index in [-0.39, 0.29) is 0 Å². The van der Waals surface area contributed by atoms with E-state index in [2.05, 4.69) is 42.9 Å². The van der Waals surface area contributed by atoms with Gasteiger partial charge in [-0.3, -0.25) is 4.90 Å². The summed E-state index contributed by atoms with van der Waals surface area (Å²) in [4.78, 5) is 2.74. The van der Waals surface area contributed by atoms with Crippen molar-refractivity contribution in [3.05, 3.63) is 0 Å². The van der Waals surface area contributed by atoms with E-state index < -0.39 is 0 Å². The Morgan fingerprint density at radius 3 is 2.76 bits per heavy atom. The van der Waals surface area contributed by atoms with Gasteiger partial charge in [0.1, 0.15) is 0 Å². The van der Waals surface area contributed by atoms with Crippen molar-refractivity contribution in [2.24, 2.45) is 5.92 Å². The molecule has 1 saturated carbocycles. The van der Waals surface area contributed by atoms with E-state index in [1.54, 1.807) is 0 Å². The fourth-order valence-corrected chi connectivity index (χ4v) is 4.52. The second-order valence-corrected chi connectivity index (χ2v) is 7.24. The van der Waals surface area contributed by atoms with Gasteiger partial charge < -0.3 is 5.32 Å². The Bertz CT molecular complexity index is 228. The molecule has 1 aliphatic carbocycles. The third kappa shape index (κ3) is 3.39. The summed E-state index contributed by atoms with van der Waals surface area (Å²) in [6, 6.07) is 1.52. The Morgan fingerprint density at radius 2 is 2.00 bits per heavy atom. The topological polar surface area (TPSA) is 15.3 Å². The van der Waals surface area contributed by atoms with E-state index in [1.165, 1.54) is 44.5 Å². The standard InChI is InChI=1S/C14H28N2S/c1-11-12(2)17-9-8-16(11)10-13-6-4-5-7-14(13)15-3/h11-15H,4-10H2,1-3H3. The number of rotatable bonds is 3. The normalized spacial score (nSPS) is 40.4. The second kappa shape index (κ2) is 6.44. The maximum absolute atomic E-state index is 3.54. The Kier molecular flexibility index (Phi) is 5.19. The molecule has 1 heterocycles. The summed E-state index contributed by atoms with van der Waals surface area (Å²) in [6.45, 7) is 7.41. The van der Waals surface area contributed by atoms with E-state index in [0.29, 0.717) is 0 Å². The predicted octanol–water partition coefficient (Wildman–Crippen LogP) is 2.59. The Hall–Kier alpha value is 0.270. The van der Waals surface area contributed by atoms with Crippen molar-refractivity contribution in [1.82, 2.24) is 10.2 Å². The van der Waals surface area contributed by atoms with Gasteiger partial charge in [-0.1, -0.05) is 19.8 Å². The third-order valence-electron chi connectivity index (χ3n) is 4.76. The highest BCUT2D eigenvalue weighted by Crippen LogP contribution is 2.29. The predicted molar refractivity (Wildman–Crippen MR) is 77.8 cm³/mol. The molecule has 1 saturated heterocycles. The second-order valence-electron chi connectivity index (χ2n) is 5.75. The summed E-state index contributed by atoms with van der Waals surface area (Å²) in [7, 11) is 2.14. The van der Waals surface area contributed by atoms with Crippen molar-refractivity contribution in [1.29, 1.82) is 0 Å². The van der Waals surface area contributed by atoms with E-state index in [1.807, 2.05) is 0 Å². The molecular formula is C14H28N2S. The number of nitrogens with zero attached hydrogens (tertiary/aromatic N) is 1. The average Bonchev–Trinajstić information content (AvgIpc) is 2.35. The van der Waals surface area contributed by atoms with E-state index >= 15 is 0 Å². The molecule has 0 radical (unpaired) electrons. The lowest BCUT2D eigenvalue weighted by atomic mass is 9.84. The Morgan fingerprint density at radius 1 is 1.24 bits per heavy atom. The first-order valence-electron chi connectivity index (χ1n) is 7.25. The smallest absolute Gasteiger partial charge is 0.0184 e. The van der Waals surface area contributed by atoms with Crippen LogP contribution in [0.4, 0.5) is 0 Å². The lowest BCUT2D eigenvalue weighted by Gasteiger charge is -2.42. The average molecular weight is 256 g/mol. The van der Waals surface area contributed by atoms with Gasteiger partial charge in [0, 0.05) is 36.2 Å². The van der Waals surface area contributed by atoms with Gasteiger partial charge in [0.25, 0.3) is 0 Å². The monoisotopic (exact) mass is 256 g/mol. The summed E-state index contributed by atoms with van der Waals surface area (Å²) in [6.07, 6.45) is 5.67. The summed E-state index contributed by atoms with van der Waals surface area (Å²) >= 11 is 2.14. The molecule has 0 aromatic rings. The number of hydrogen-bond donors (Lipinski definition) is 1. The van der Waals surface area contributed by atoms with Gasteiger partial charge in [-0.15, -0.1) is 0 Å². The maximum atomic E-state index is 3.54. The largest absolute Gasteiger partial charge is 0.317 e. The minimum Gasteiger partial charge on any atom is -0.317 e. The first-order valence-corrected chi connectivity index (χ1v) is 8.30. The lowest BCUT2D eigenvalue weighted by Crippen LogP contribution is -2.50. The van der Waals surface area contributed by atoms with Crippen molar-refractivity contribution in [2.45, 2.75) is 56.9 Å². The molecule has 0 spiro atoms. The van der Waals surface area contributed by atoms with Gasteiger partial charge >= 0.3 is 0 Å². The number of nitrogens with one attached hydrogen (secondary N) is 1. The Balaban J connectivity index is 1.89. The highest BCUT2D eigenvalue weighted by molar-refractivity contribution is 8.00. The van der Waals surface area contributed by atoms with Crippen molar-refractivity contribution in [3.63, 3.8) is 0 Å². The molecule has 1 aliphatic heterocycles. The van der Waals surface area contributed by atoms with Gasteiger partial charge in [-0.05, 0) is 32.7 Å². The van der Waals surface area contributed by atoms with Crippen LogP contribution in [0.5, 0.6) is 0 Å². The van der Waals surface area contributed by atoms with Crippen LogP contribution in [0.15, 0.2) is 0 Å². The summed E-state index contributed by atoms with van der Waals surface area (Å²) < 4.78 is 0. The molecular weight excluding hydrogens is 228 g/mol. The van der Waals surface area contributed by atoms with Crippen molar-refractivity contribution >= 4 is 11.8 Å². The molecule has 4 unspecified atom stereocenters. The highest BCUT2D eigenvalue weighted by atomic mass is 32.2. The van der Waals surface area contributed by atoms with Crippen molar-refractivity contribution in [2.75, 3.05) is 25.9 Å². The van der Waals surface area contributed by atoms with E-state index in [4.69, 9.17) is 0 Å². The zero-order valence-electron chi connectivity index (χ0n) is 11.6. The van der Waals surface area contributed by atoms with Crippen LogP contribution in [-0.4, -0.2) is 48.1 Å². The molecule has 2 aliphatic rings. The molecule has 0 bridgehead atoms. The quantitative estimate of drug-likeness (QED) is 0.835. The van der Waals surface area contributed by atoms with Gasteiger partial charge in [0.15, 0.2) is 0 Å². The molecule has 0 aromatic carbocycles. The first kappa shape index (κ1) is 13.7. The molecule has 2 fully saturated rings. The molecule has 2 rings (SSSR count). The Labute approximate surface area is 111 Å². The van der Waals surface area contributed by atoms with Crippen LogP contribution in [0.2, 0.25) is 0 Å². The zero-order chi connectivity index (χ0) is 12.3. The summed E-state index contributed by atoms with van der Waals surface area (Å²) in [5.41, 5.74) is 0. The SMILES string of the molecule is CNC1CCCCC1CN1CCSC(C)C1C.